The van der Waals surface area contributed by atoms with Crippen LogP contribution in [-0.2, 0) is 0 Å². The van der Waals surface area contributed by atoms with Crippen LogP contribution in [0.2, 0.25) is 0 Å². The molecule has 1 heterocycles. The van der Waals surface area contributed by atoms with Gasteiger partial charge in [-0.2, -0.15) is 0 Å². The highest BCUT2D eigenvalue weighted by Crippen LogP contribution is 2.32. The lowest BCUT2D eigenvalue weighted by atomic mass is 9.80. The predicted octanol–water partition coefficient (Wildman–Crippen LogP) is 2.92. The van der Waals surface area contributed by atoms with E-state index in [-0.39, 0.29) is 6.10 Å². The molecule has 0 aromatic carbocycles. The first-order chi connectivity index (χ1) is 8.58. The van der Waals surface area contributed by atoms with Gasteiger partial charge in [0.2, 0.25) is 5.88 Å². The van der Waals surface area contributed by atoms with Crippen LogP contribution < -0.4 is 10.5 Å². The Labute approximate surface area is 114 Å². The van der Waals surface area contributed by atoms with Crippen molar-refractivity contribution in [2.75, 3.05) is 0 Å². The van der Waals surface area contributed by atoms with Gasteiger partial charge in [-0.15, -0.1) is 0 Å². The number of ether oxygens (including phenoxy) is 1. The van der Waals surface area contributed by atoms with Crippen molar-refractivity contribution in [2.45, 2.75) is 39.2 Å². The number of hydrogen-bond acceptors (Lipinski definition) is 3. The monoisotopic (exact) mass is 264 g/mol. The van der Waals surface area contributed by atoms with Crippen molar-refractivity contribution in [3.63, 3.8) is 0 Å². The average molecular weight is 264 g/mol. The molecule has 18 heavy (non-hydrogen) atoms. The molecule has 1 saturated carbocycles. The van der Waals surface area contributed by atoms with E-state index in [4.69, 9.17) is 22.7 Å². The quantitative estimate of drug-likeness (QED) is 0.853. The second-order valence-corrected chi connectivity index (χ2v) is 5.67. The number of pyridine rings is 1. The van der Waals surface area contributed by atoms with Crippen LogP contribution in [0.15, 0.2) is 18.3 Å². The van der Waals surface area contributed by atoms with Crippen molar-refractivity contribution in [3.8, 4) is 5.88 Å². The lowest BCUT2D eigenvalue weighted by Crippen LogP contribution is -2.29. The summed E-state index contributed by atoms with van der Waals surface area (Å²) < 4.78 is 5.99. The number of rotatable bonds is 3. The maximum atomic E-state index is 5.99. The molecule has 1 aliphatic carbocycles. The topological polar surface area (TPSA) is 48.1 Å². The Bertz CT molecular complexity index is 436. The molecule has 0 bridgehead atoms. The number of nitrogens with zero attached hydrogens (tertiary/aromatic N) is 1. The van der Waals surface area contributed by atoms with Crippen LogP contribution in [0.1, 0.15) is 38.7 Å². The number of hydrogen-bond donors (Lipinski definition) is 1. The molecular weight excluding hydrogens is 244 g/mol. The zero-order chi connectivity index (χ0) is 13.1. The molecule has 0 amide bonds. The summed E-state index contributed by atoms with van der Waals surface area (Å²) in [6, 6.07) is 3.69. The molecule has 98 valence electrons. The smallest absolute Gasteiger partial charge is 0.223 e. The Morgan fingerprint density at radius 3 is 2.83 bits per heavy atom. The van der Waals surface area contributed by atoms with Crippen molar-refractivity contribution >= 4 is 17.2 Å². The lowest BCUT2D eigenvalue weighted by Gasteiger charge is -2.32. The van der Waals surface area contributed by atoms with Gasteiger partial charge in [0.25, 0.3) is 0 Å². The van der Waals surface area contributed by atoms with Gasteiger partial charge in [0.05, 0.1) is 5.56 Å². The molecule has 2 rings (SSSR count). The molecule has 3 unspecified atom stereocenters. The van der Waals surface area contributed by atoms with Crippen molar-refractivity contribution in [1.29, 1.82) is 0 Å². The third kappa shape index (κ3) is 2.99. The molecule has 0 radical (unpaired) electrons. The Hall–Kier alpha value is -1.16. The average Bonchev–Trinajstić information content (AvgIpc) is 2.34. The van der Waals surface area contributed by atoms with E-state index in [1.165, 1.54) is 6.42 Å². The maximum Gasteiger partial charge on any atom is 0.223 e. The Kier molecular flexibility index (Phi) is 4.17. The fourth-order valence-corrected chi connectivity index (χ4v) is 2.59. The fraction of sp³-hybridized carbons (Fsp3) is 0.571. The SMILES string of the molecule is CC1CCC(Oc2ncccc2C(N)=S)CC1C. The van der Waals surface area contributed by atoms with Crippen LogP contribution in [-0.4, -0.2) is 16.1 Å². The first-order valence-electron chi connectivity index (χ1n) is 6.49. The van der Waals surface area contributed by atoms with Crippen LogP contribution in [0, 0.1) is 11.8 Å². The van der Waals surface area contributed by atoms with Gasteiger partial charge >= 0.3 is 0 Å². The van der Waals surface area contributed by atoms with Crippen LogP contribution in [0.5, 0.6) is 5.88 Å². The summed E-state index contributed by atoms with van der Waals surface area (Å²) in [4.78, 5) is 4.59. The van der Waals surface area contributed by atoms with Gasteiger partial charge in [0.1, 0.15) is 11.1 Å². The summed E-state index contributed by atoms with van der Waals surface area (Å²) in [5.74, 6) is 2.06. The van der Waals surface area contributed by atoms with Gasteiger partial charge in [-0.1, -0.05) is 26.1 Å². The molecule has 0 saturated heterocycles. The second kappa shape index (κ2) is 5.65. The molecule has 1 aromatic heterocycles. The van der Waals surface area contributed by atoms with Crippen LogP contribution in [0.3, 0.4) is 0 Å². The van der Waals surface area contributed by atoms with Gasteiger partial charge in [0, 0.05) is 6.20 Å². The summed E-state index contributed by atoms with van der Waals surface area (Å²) in [6.07, 6.45) is 5.32. The van der Waals surface area contributed by atoms with E-state index < -0.39 is 0 Å². The molecule has 2 N–H and O–H groups in total. The molecule has 3 nitrogen and oxygen atoms in total. The zero-order valence-electron chi connectivity index (χ0n) is 10.9. The summed E-state index contributed by atoms with van der Waals surface area (Å²) in [6.45, 7) is 4.59. The largest absolute Gasteiger partial charge is 0.474 e. The predicted molar refractivity (Wildman–Crippen MR) is 76.7 cm³/mol. The van der Waals surface area contributed by atoms with Crippen molar-refractivity contribution in [3.05, 3.63) is 23.9 Å². The summed E-state index contributed by atoms with van der Waals surface area (Å²) in [5.41, 5.74) is 6.42. The van der Waals surface area contributed by atoms with Gasteiger partial charge in [-0.05, 0) is 43.2 Å². The molecular formula is C14H20N2OS. The molecule has 1 fully saturated rings. The van der Waals surface area contributed by atoms with Crippen LogP contribution in [0.25, 0.3) is 0 Å². The minimum absolute atomic E-state index is 0.235. The Morgan fingerprint density at radius 2 is 2.17 bits per heavy atom. The fourth-order valence-electron chi connectivity index (χ4n) is 2.44. The number of thiocarbonyl (C=S) groups is 1. The highest BCUT2D eigenvalue weighted by molar-refractivity contribution is 7.80. The standard InChI is InChI=1S/C14H20N2OS/c1-9-5-6-11(8-10(9)2)17-14-12(13(15)18)4-3-7-16-14/h3-4,7,9-11H,5-6,8H2,1-2H3,(H2,15,18). The van der Waals surface area contributed by atoms with Crippen molar-refractivity contribution in [2.24, 2.45) is 17.6 Å². The van der Waals surface area contributed by atoms with E-state index in [0.717, 1.165) is 24.3 Å². The van der Waals surface area contributed by atoms with E-state index in [0.29, 0.717) is 16.8 Å². The van der Waals surface area contributed by atoms with Crippen molar-refractivity contribution < 1.29 is 4.74 Å². The van der Waals surface area contributed by atoms with E-state index in [1.807, 2.05) is 12.1 Å². The van der Waals surface area contributed by atoms with Gasteiger partial charge in [0.15, 0.2) is 0 Å². The number of aromatic nitrogens is 1. The molecule has 1 aliphatic rings. The molecule has 4 heteroatoms. The first-order valence-corrected chi connectivity index (χ1v) is 6.90. The zero-order valence-corrected chi connectivity index (χ0v) is 11.7. The van der Waals surface area contributed by atoms with Gasteiger partial charge in [-0.3, -0.25) is 0 Å². The minimum Gasteiger partial charge on any atom is -0.474 e. The van der Waals surface area contributed by atoms with Crippen LogP contribution in [0.4, 0.5) is 0 Å². The third-order valence-electron chi connectivity index (χ3n) is 3.86. The summed E-state index contributed by atoms with van der Waals surface area (Å²) >= 11 is 5.02. The third-order valence-corrected chi connectivity index (χ3v) is 4.08. The molecule has 0 spiro atoms. The Balaban J connectivity index is 2.08. The van der Waals surface area contributed by atoms with Gasteiger partial charge < -0.3 is 10.5 Å². The summed E-state index contributed by atoms with van der Waals surface area (Å²) in [7, 11) is 0. The van der Waals surface area contributed by atoms with Crippen LogP contribution >= 0.6 is 12.2 Å². The lowest BCUT2D eigenvalue weighted by molar-refractivity contribution is 0.0963. The normalized spacial score (nSPS) is 27.8. The highest BCUT2D eigenvalue weighted by Gasteiger charge is 2.26. The maximum absolute atomic E-state index is 5.99. The van der Waals surface area contributed by atoms with E-state index in [2.05, 4.69) is 18.8 Å². The first kappa shape index (κ1) is 13.3. The molecule has 1 aromatic rings. The van der Waals surface area contributed by atoms with E-state index in [9.17, 15) is 0 Å². The summed E-state index contributed by atoms with van der Waals surface area (Å²) in [5, 5.41) is 0. The number of nitrogens with two attached hydrogens (primary N) is 1. The van der Waals surface area contributed by atoms with Gasteiger partial charge in [-0.25, -0.2) is 4.98 Å². The molecule has 0 aliphatic heterocycles. The van der Waals surface area contributed by atoms with Crippen molar-refractivity contribution in [1.82, 2.24) is 4.98 Å². The Morgan fingerprint density at radius 1 is 1.39 bits per heavy atom. The van der Waals surface area contributed by atoms with E-state index in [1.54, 1.807) is 6.20 Å². The van der Waals surface area contributed by atoms with E-state index >= 15 is 0 Å². The molecule has 3 atom stereocenters. The second-order valence-electron chi connectivity index (χ2n) is 5.23. The minimum atomic E-state index is 0.235. The highest BCUT2D eigenvalue weighted by atomic mass is 32.1.